The van der Waals surface area contributed by atoms with Gasteiger partial charge in [0.1, 0.15) is 6.04 Å². The summed E-state index contributed by atoms with van der Waals surface area (Å²) in [4.78, 5) is 13.3. The predicted octanol–water partition coefficient (Wildman–Crippen LogP) is 5.42. The smallest absolute Gasteiger partial charge is 0.323 e. The zero-order valence-corrected chi connectivity index (χ0v) is 19.5. The van der Waals surface area contributed by atoms with Gasteiger partial charge in [-0.25, -0.2) is 8.42 Å². The van der Waals surface area contributed by atoms with Crippen LogP contribution < -0.4 is 5.32 Å². The van der Waals surface area contributed by atoms with Crippen molar-refractivity contribution < 1.29 is 26.4 Å². The summed E-state index contributed by atoms with van der Waals surface area (Å²) in [5.41, 5.74) is 1.18. The number of sulfonamides is 1. The monoisotopic (exact) mass is 508 g/mol. The van der Waals surface area contributed by atoms with E-state index in [1.165, 1.54) is 12.1 Å². The van der Waals surface area contributed by atoms with E-state index >= 15 is 0 Å². The van der Waals surface area contributed by atoms with E-state index in [0.29, 0.717) is 0 Å². The van der Waals surface area contributed by atoms with E-state index in [2.05, 4.69) is 5.32 Å². The number of alkyl halides is 3. The van der Waals surface area contributed by atoms with Crippen LogP contribution in [0.5, 0.6) is 0 Å². The fraction of sp³-hybridized carbons (Fsp3) is 0.208. The van der Waals surface area contributed by atoms with Crippen molar-refractivity contribution in [3.8, 4) is 0 Å². The van der Waals surface area contributed by atoms with Gasteiger partial charge in [-0.1, -0.05) is 53.6 Å². The number of benzene rings is 3. The number of amides is 1. The van der Waals surface area contributed by atoms with Crippen LogP contribution in [0.1, 0.15) is 22.3 Å². The van der Waals surface area contributed by atoms with Crippen LogP contribution in [0.25, 0.3) is 0 Å². The number of carbonyl (C=O) groups is 1. The lowest BCUT2D eigenvalue weighted by Crippen LogP contribution is -2.50. The number of hydrogen-bond donors (Lipinski definition) is 1. The van der Waals surface area contributed by atoms with E-state index in [1.807, 2.05) is 6.92 Å². The lowest BCUT2D eigenvalue weighted by Gasteiger charge is -2.35. The molecule has 0 spiro atoms. The highest BCUT2D eigenvalue weighted by atomic mass is 35.5. The second kappa shape index (κ2) is 9.05. The molecule has 1 aliphatic rings. The van der Waals surface area contributed by atoms with Gasteiger partial charge in [0.25, 0.3) is 0 Å². The quantitative estimate of drug-likeness (QED) is 0.511. The molecule has 10 heteroatoms. The highest BCUT2D eigenvalue weighted by Crippen LogP contribution is 2.35. The molecular formula is C24H20ClF3N2O3S. The van der Waals surface area contributed by atoms with Crippen LogP contribution in [0.4, 0.5) is 18.9 Å². The molecule has 4 rings (SSSR count). The van der Waals surface area contributed by atoms with Crippen molar-refractivity contribution in [3.05, 3.63) is 94.0 Å². The van der Waals surface area contributed by atoms with E-state index in [-0.39, 0.29) is 28.6 Å². The average Bonchev–Trinajstić information content (AvgIpc) is 2.79. The molecule has 3 aromatic carbocycles. The highest BCUT2D eigenvalue weighted by Gasteiger charge is 2.40. The third-order valence-corrected chi connectivity index (χ3v) is 7.89. The molecule has 34 heavy (non-hydrogen) atoms. The Morgan fingerprint density at radius 2 is 1.68 bits per heavy atom. The third kappa shape index (κ3) is 4.82. The van der Waals surface area contributed by atoms with Gasteiger partial charge in [-0.2, -0.15) is 17.5 Å². The lowest BCUT2D eigenvalue weighted by molar-refractivity contribution is -0.137. The van der Waals surface area contributed by atoms with Crippen LogP contribution in [-0.4, -0.2) is 24.7 Å². The van der Waals surface area contributed by atoms with E-state index in [4.69, 9.17) is 11.6 Å². The number of aryl methyl sites for hydroxylation is 1. The molecular weight excluding hydrogens is 489 g/mol. The van der Waals surface area contributed by atoms with Crippen LogP contribution >= 0.6 is 11.6 Å². The summed E-state index contributed by atoms with van der Waals surface area (Å²) in [5.74, 6) is -0.772. The number of anilines is 1. The van der Waals surface area contributed by atoms with Crippen LogP contribution in [-0.2, 0) is 34.0 Å². The van der Waals surface area contributed by atoms with Crippen LogP contribution in [0.3, 0.4) is 0 Å². The Morgan fingerprint density at radius 1 is 1.03 bits per heavy atom. The molecule has 0 bridgehead atoms. The van der Waals surface area contributed by atoms with Gasteiger partial charge in [0.15, 0.2) is 0 Å². The Bertz CT molecular complexity index is 1340. The Hall–Kier alpha value is -2.88. The van der Waals surface area contributed by atoms with Crippen LogP contribution in [0.2, 0.25) is 5.02 Å². The fourth-order valence-corrected chi connectivity index (χ4v) is 5.56. The molecule has 178 valence electrons. The highest BCUT2D eigenvalue weighted by molar-refractivity contribution is 7.89. The number of hydrogen-bond acceptors (Lipinski definition) is 3. The first-order valence-corrected chi connectivity index (χ1v) is 12.1. The summed E-state index contributed by atoms with van der Waals surface area (Å²) in [7, 11) is -4.09. The molecule has 1 amide bonds. The van der Waals surface area contributed by atoms with Gasteiger partial charge >= 0.3 is 6.18 Å². The minimum atomic E-state index is -4.63. The van der Waals surface area contributed by atoms with Crippen molar-refractivity contribution in [3.63, 3.8) is 0 Å². The first-order chi connectivity index (χ1) is 16.0. The Kier molecular flexibility index (Phi) is 6.46. The van der Waals surface area contributed by atoms with E-state index in [1.54, 1.807) is 36.4 Å². The summed E-state index contributed by atoms with van der Waals surface area (Å²) < 4.78 is 67.5. The number of halogens is 4. The van der Waals surface area contributed by atoms with Gasteiger partial charge < -0.3 is 5.32 Å². The molecule has 1 heterocycles. The third-order valence-electron chi connectivity index (χ3n) is 5.69. The summed E-state index contributed by atoms with van der Waals surface area (Å²) in [6.07, 6.45) is -4.57. The predicted molar refractivity (Wildman–Crippen MR) is 123 cm³/mol. The SMILES string of the molecule is Cc1ccc(S(=O)(=O)N2Cc3ccccc3CC2C(=O)Nc2cc(C(F)(F)F)ccc2Cl)cc1. The van der Waals surface area contributed by atoms with Crippen molar-refractivity contribution in [1.29, 1.82) is 0 Å². The molecule has 1 unspecified atom stereocenters. The van der Waals surface area contributed by atoms with Gasteiger partial charge in [-0.15, -0.1) is 0 Å². The first-order valence-electron chi connectivity index (χ1n) is 10.3. The first kappa shape index (κ1) is 24.3. The van der Waals surface area contributed by atoms with Crippen molar-refractivity contribution >= 4 is 33.2 Å². The summed E-state index contributed by atoms with van der Waals surface area (Å²) >= 11 is 6.03. The molecule has 0 aromatic heterocycles. The van der Waals surface area contributed by atoms with Crippen molar-refractivity contribution in [1.82, 2.24) is 4.31 Å². The number of rotatable bonds is 4. The number of nitrogens with one attached hydrogen (secondary N) is 1. The van der Waals surface area contributed by atoms with Gasteiger partial charge in [-0.3, -0.25) is 4.79 Å². The number of carbonyl (C=O) groups excluding carboxylic acids is 1. The van der Waals surface area contributed by atoms with Crippen molar-refractivity contribution in [2.75, 3.05) is 5.32 Å². The normalized spacial score (nSPS) is 16.7. The van der Waals surface area contributed by atoms with E-state index < -0.39 is 33.7 Å². The second-order valence-corrected chi connectivity index (χ2v) is 10.3. The molecule has 1 aliphatic heterocycles. The Morgan fingerprint density at radius 3 is 2.32 bits per heavy atom. The van der Waals surface area contributed by atoms with Gasteiger partial charge in [0, 0.05) is 6.54 Å². The molecule has 1 atom stereocenters. The van der Waals surface area contributed by atoms with Crippen molar-refractivity contribution in [2.24, 2.45) is 0 Å². The van der Waals surface area contributed by atoms with Crippen molar-refractivity contribution in [2.45, 2.75) is 37.0 Å². The summed E-state index contributed by atoms with van der Waals surface area (Å²) in [6, 6.07) is 14.8. The van der Waals surface area contributed by atoms with E-state index in [0.717, 1.165) is 39.2 Å². The second-order valence-electron chi connectivity index (χ2n) is 8.03. The van der Waals surface area contributed by atoms with Crippen LogP contribution in [0.15, 0.2) is 71.6 Å². The maximum atomic E-state index is 13.5. The summed E-state index contributed by atoms with van der Waals surface area (Å²) in [6.45, 7) is 1.77. The molecule has 5 nitrogen and oxygen atoms in total. The molecule has 0 radical (unpaired) electrons. The number of nitrogens with zero attached hydrogens (tertiary/aromatic N) is 1. The molecule has 0 fully saturated rings. The zero-order valence-electron chi connectivity index (χ0n) is 17.9. The molecule has 0 saturated heterocycles. The fourth-order valence-electron chi connectivity index (χ4n) is 3.83. The maximum Gasteiger partial charge on any atom is 0.416 e. The number of fused-ring (bicyclic) bond motifs is 1. The molecule has 1 N–H and O–H groups in total. The molecule has 3 aromatic rings. The lowest BCUT2D eigenvalue weighted by atomic mass is 9.95. The van der Waals surface area contributed by atoms with Gasteiger partial charge in [-0.05, 0) is 54.8 Å². The minimum Gasteiger partial charge on any atom is -0.323 e. The maximum absolute atomic E-state index is 13.5. The molecule has 0 aliphatic carbocycles. The summed E-state index contributed by atoms with van der Waals surface area (Å²) in [5, 5.41) is 2.32. The zero-order chi connectivity index (χ0) is 24.7. The van der Waals surface area contributed by atoms with Crippen LogP contribution in [0, 0.1) is 6.92 Å². The Balaban J connectivity index is 1.72. The van der Waals surface area contributed by atoms with Gasteiger partial charge in [0.2, 0.25) is 15.9 Å². The Labute approximate surface area is 200 Å². The average molecular weight is 509 g/mol. The van der Waals surface area contributed by atoms with Gasteiger partial charge in [0.05, 0.1) is 21.2 Å². The minimum absolute atomic E-state index is 0.0207. The standard InChI is InChI=1S/C24H20ClF3N2O3S/c1-15-6-9-19(10-7-15)34(32,33)30-14-17-5-3-2-4-16(17)12-22(30)23(31)29-21-13-18(24(26,27)28)8-11-20(21)25/h2-11,13,22H,12,14H2,1H3,(H,29,31). The van der Waals surface area contributed by atoms with E-state index in [9.17, 15) is 26.4 Å². The topological polar surface area (TPSA) is 66.5 Å². The molecule has 0 saturated carbocycles. The largest absolute Gasteiger partial charge is 0.416 e.